The van der Waals surface area contributed by atoms with Crippen LogP contribution in [-0.2, 0) is 0 Å². The molecular weight excluding hydrogens is 154 g/mol. The van der Waals surface area contributed by atoms with Gasteiger partial charge >= 0.3 is 0 Å². The highest BCUT2D eigenvalue weighted by atomic mass is 16.5. The minimum Gasteiger partial charge on any atom is -0.474 e. The number of nitrogens with zero attached hydrogens (tertiary/aromatic N) is 1. The fourth-order valence-corrected chi connectivity index (χ4v) is 1.24. The van der Waals surface area contributed by atoms with Gasteiger partial charge in [0.1, 0.15) is 12.3 Å². The van der Waals surface area contributed by atoms with Crippen molar-refractivity contribution in [2.45, 2.75) is 6.92 Å². The van der Waals surface area contributed by atoms with Crippen molar-refractivity contribution < 1.29 is 4.74 Å². The molecule has 1 aromatic heterocycles. The Morgan fingerprint density at radius 3 is 3.33 bits per heavy atom. The maximum atomic E-state index is 5.69. The van der Waals surface area contributed by atoms with E-state index >= 15 is 0 Å². The van der Waals surface area contributed by atoms with Crippen LogP contribution in [0, 0.1) is 6.92 Å². The largest absolute Gasteiger partial charge is 0.474 e. The van der Waals surface area contributed by atoms with Gasteiger partial charge in [-0.2, -0.15) is 0 Å². The Balaban J connectivity index is 2.54. The quantitative estimate of drug-likeness (QED) is 0.596. The molecule has 0 radical (unpaired) electrons. The summed E-state index contributed by atoms with van der Waals surface area (Å²) in [5.74, 6) is 0.660. The topological polar surface area (TPSA) is 60.2 Å². The van der Waals surface area contributed by atoms with Crippen LogP contribution >= 0.6 is 0 Å². The lowest BCUT2D eigenvalue weighted by Crippen LogP contribution is -2.20. The summed E-state index contributed by atoms with van der Waals surface area (Å²) < 4.78 is 5.33. The zero-order valence-electron chi connectivity index (χ0n) is 6.92. The van der Waals surface area contributed by atoms with Gasteiger partial charge in [0, 0.05) is 12.1 Å². The number of nitrogen functional groups attached to an aromatic ring is 1. The Hall–Kier alpha value is -1.45. The zero-order valence-corrected chi connectivity index (χ0v) is 6.92. The Labute approximate surface area is 70.7 Å². The van der Waals surface area contributed by atoms with E-state index in [0.717, 1.165) is 17.8 Å². The first-order valence-corrected chi connectivity index (χ1v) is 3.91. The number of aromatic nitrogens is 1. The molecule has 2 heterocycles. The predicted molar refractivity (Wildman–Crippen MR) is 47.4 cm³/mol. The first kappa shape index (κ1) is 7.21. The Morgan fingerprint density at radius 2 is 2.50 bits per heavy atom. The molecule has 0 spiro atoms. The van der Waals surface area contributed by atoms with Crippen molar-refractivity contribution in [2.24, 2.45) is 0 Å². The van der Waals surface area contributed by atoms with E-state index in [1.807, 2.05) is 6.92 Å². The lowest BCUT2D eigenvalue weighted by atomic mass is 10.2. The van der Waals surface area contributed by atoms with Crippen LogP contribution < -0.4 is 15.8 Å². The first-order chi connectivity index (χ1) is 5.79. The fourth-order valence-electron chi connectivity index (χ4n) is 1.24. The Bertz CT molecular complexity index is 311. The normalized spacial score (nSPS) is 14.4. The second kappa shape index (κ2) is 2.55. The van der Waals surface area contributed by atoms with Crippen LogP contribution in [0.4, 0.5) is 11.4 Å². The number of hydrogen-bond donors (Lipinski definition) is 2. The third-order valence-electron chi connectivity index (χ3n) is 1.99. The van der Waals surface area contributed by atoms with Gasteiger partial charge in [-0.05, 0) is 6.92 Å². The van der Waals surface area contributed by atoms with Gasteiger partial charge in [0.15, 0.2) is 0 Å². The molecule has 4 heteroatoms. The van der Waals surface area contributed by atoms with Crippen molar-refractivity contribution in [2.75, 3.05) is 24.2 Å². The molecule has 0 saturated heterocycles. The highest BCUT2D eigenvalue weighted by Gasteiger charge is 2.14. The smallest absolute Gasteiger partial charge is 0.237 e. The van der Waals surface area contributed by atoms with E-state index in [1.54, 1.807) is 6.20 Å². The predicted octanol–water partition coefficient (Wildman–Crippen LogP) is 0.777. The molecule has 0 atom stereocenters. The average Bonchev–Trinajstić information content (AvgIpc) is 2.12. The van der Waals surface area contributed by atoms with Crippen molar-refractivity contribution in [1.29, 1.82) is 0 Å². The van der Waals surface area contributed by atoms with Gasteiger partial charge in [-0.25, -0.2) is 4.98 Å². The maximum absolute atomic E-state index is 5.69. The summed E-state index contributed by atoms with van der Waals surface area (Å²) in [6.07, 6.45) is 1.63. The van der Waals surface area contributed by atoms with Crippen LogP contribution in [0.5, 0.6) is 5.88 Å². The van der Waals surface area contributed by atoms with Gasteiger partial charge < -0.3 is 15.8 Å². The van der Waals surface area contributed by atoms with Gasteiger partial charge in [-0.3, -0.25) is 0 Å². The average molecular weight is 165 g/mol. The third kappa shape index (κ3) is 0.958. The molecule has 0 aliphatic carbocycles. The molecule has 0 saturated carbocycles. The van der Waals surface area contributed by atoms with E-state index in [2.05, 4.69) is 10.3 Å². The summed E-state index contributed by atoms with van der Waals surface area (Å²) in [5.41, 5.74) is 8.33. The second-order valence-electron chi connectivity index (χ2n) is 2.79. The zero-order chi connectivity index (χ0) is 8.55. The molecule has 4 nitrogen and oxygen atoms in total. The minimum absolute atomic E-state index is 0.660. The van der Waals surface area contributed by atoms with Crippen LogP contribution in [0.3, 0.4) is 0 Å². The number of pyridine rings is 1. The maximum Gasteiger partial charge on any atom is 0.237 e. The number of nitrogens with two attached hydrogens (primary N) is 1. The lowest BCUT2D eigenvalue weighted by Gasteiger charge is -2.20. The van der Waals surface area contributed by atoms with Crippen molar-refractivity contribution in [3.05, 3.63) is 11.8 Å². The second-order valence-corrected chi connectivity index (χ2v) is 2.79. The molecule has 0 fully saturated rings. The van der Waals surface area contributed by atoms with Crippen LogP contribution in [0.1, 0.15) is 5.56 Å². The van der Waals surface area contributed by atoms with E-state index in [9.17, 15) is 0 Å². The van der Waals surface area contributed by atoms with Gasteiger partial charge in [0.2, 0.25) is 5.88 Å². The molecule has 0 aromatic carbocycles. The van der Waals surface area contributed by atoms with E-state index in [-0.39, 0.29) is 0 Å². The number of nitrogens with one attached hydrogen (secondary N) is 1. The highest BCUT2D eigenvalue weighted by molar-refractivity contribution is 5.67. The molecule has 0 amide bonds. The molecule has 64 valence electrons. The molecule has 1 aromatic rings. The molecule has 1 aliphatic rings. The van der Waals surface area contributed by atoms with Crippen molar-refractivity contribution >= 4 is 11.4 Å². The number of anilines is 2. The summed E-state index contributed by atoms with van der Waals surface area (Å²) in [6.45, 7) is 3.44. The minimum atomic E-state index is 0.660. The summed E-state index contributed by atoms with van der Waals surface area (Å²) >= 11 is 0. The summed E-state index contributed by atoms with van der Waals surface area (Å²) in [4.78, 5) is 4.07. The van der Waals surface area contributed by atoms with E-state index < -0.39 is 0 Å². The van der Waals surface area contributed by atoms with Crippen molar-refractivity contribution in [1.82, 2.24) is 4.98 Å². The standard InChI is InChI=1S/C8H11N3O/c1-5-6(9)4-11-8-7(5)10-2-3-12-8/h4,10H,2-3,9H2,1H3. The lowest BCUT2D eigenvalue weighted by molar-refractivity contribution is 0.310. The number of fused-ring (bicyclic) bond motifs is 1. The number of ether oxygens (including phenoxy) is 1. The first-order valence-electron chi connectivity index (χ1n) is 3.91. The molecule has 1 aliphatic heterocycles. The van der Waals surface area contributed by atoms with E-state index in [1.165, 1.54) is 0 Å². The van der Waals surface area contributed by atoms with Crippen molar-refractivity contribution in [3.63, 3.8) is 0 Å². The van der Waals surface area contributed by atoms with Crippen LogP contribution in [0.2, 0.25) is 0 Å². The summed E-state index contributed by atoms with van der Waals surface area (Å²) in [6, 6.07) is 0. The summed E-state index contributed by atoms with van der Waals surface area (Å²) in [5, 5.41) is 3.20. The van der Waals surface area contributed by atoms with Crippen LogP contribution in [-0.4, -0.2) is 18.1 Å². The monoisotopic (exact) mass is 165 g/mol. The Kier molecular flexibility index (Phi) is 1.53. The van der Waals surface area contributed by atoms with Crippen LogP contribution in [0.15, 0.2) is 6.20 Å². The van der Waals surface area contributed by atoms with Crippen molar-refractivity contribution in [3.8, 4) is 5.88 Å². The third-order valence-corrected chi connectivity index (χ3v) is 1.99. The molecule has 3 N–H and O–H groups in total. The molecule has 12 heavy (non-hydrogen) atoms. The molecule has 0 bridgehead atoms. The fraction of sp³-hybridized carbons (Fsp3) is 0.375. The van der Waals surface area contributed by atoms with Gasteiger partial charge in [0.05, 0.1) is 11.9 Å². The van der Waals surface area contributed by atoms with Gasteiger partial charge in [0.25, 0.3) is 0 Å². The molecule has 2 rings (SSSR count). The highest BCUT2D eigenvalue weighted by Crippen LogP contribution is 2.30. The molecule has 0 unspecified atom stereocenters. The summed E-state index contributed by atoms with van der Waals surface area (Å²) in [7, 11) is 0. The number of rotatable bonds is 0. The van der Waals surface area contributed by atoms with Gasteiger partial charge in [-0.15, -0.1) is 0 Å². The molecular formula is C8H11N3O. The SMILES string of the molecule is Cc1c(N)cnc2c1NCCO2. The number of hydrogen-bond acceptors (Lipinski definition) is 4. The van der Waals surface area contributed by atoms with Crippen LogP contribution in [0.25, 0.3) is 0 Å². The van der Waals surface area contributed by atoms with Gasteiger partial charge in [-0.1, -0.05) is 0 Å². The Morgan fingerprint density at radius 1 is 1.67 bits per heavy atom. The van der Waals surface area contributed by atoms with E-state index in [0.29, 0.717) is 18.2 Å². The van der Waals surface area contributed by atoms with E-state index in [4.69, 9.17) is 10.5 Å².